The second kappa shape index (κ2) is 4.09. The number of aryl methyl sites for hydroxylation is 1. The molecule has 2 rings (SSSR count). The van der Waals surface area contributed by atoms with Crippen LogP contribution in [0.3, 0.4) is 0 Å². The Balaban J connectivity index is 2.11. The number of aromatic nitrogens is 2. The summed E-state index contributed by atoms with van der Waals surface area (Å²) in [5.74, 6) is -0.0712. The molecular weight excluding hydrogens is 213 g/mol. The number of amides is 1. The molecule has 82 valence electrons. The van der Waals surface area contributed by atoms with Crippen molar-refractivity contribution in [2.75, 3.05) is 5.32 Å². The van der Waals surface area contributed by atoms with Crippen LogP contribution in [0.2, 0.25) is 0 Å². The number of pyridine rings is 1. The van der Waals surface area contributed by atoms with Gasteiger partial charge in [0.1, 0.15) is 17.3 Å². The normalized spacial score (nSPS) is 10.1. The standard InChI is InChI=1S/C10H8FN3O2/c1-6-4-9(14-16-6)13-10(15)8-3-2-7(11)5-12-8/h2-5H,1H3,(H,13,14,15). The average Bonchev–Trinajstić information content (AvgIpc) is 2.65. The van der Waals surface area contributed by atoms with Crippen molar-refractivity contribution in [3.05, 3.63) is 41.7 Å². The lowest BCUT2D eigenvalue weighted by Crippen LogP contribution is -2.13. The Morgan fingerprint density at radius 2 is 2.31 bits per heavy atom. The number of nitrogens with one attached hydrogen (secondary N) is 1. The highest BCUT2D eigenvalue weighted by atomic mass is 19.1. The van der Waals surface area contributed by atoms with Crippen LogP contribution in [0.5, 0.6) is 0 Å². The number of carbonyl (C=O) groups excluding carboxylic acids is 1. The molecule has 0 aliphatic rings. The Morgan fingerprint density at radius 3 is 2.88 bits per heavy atom. The summed E-state index contributed by atoms with van der Waals surface area (Å²) in [4.78, 5) is 15.2. The first-order valence-corrected chi connectivity index (χ1v) is 4.51. The van der Waals surface area contributed by atoms with Crippen molar-refractivity contribution in [3.63, 3.8) is 0 Å². The molecule has 0 aliphatic heterocycles. The van der Waals surface area contributed by atoms with Crippen LogP contribution >= 0.6 is 0 Å². The third kappa shape index (κ3) is 2.22. The molecule has 0 radical (unpaired) electrons. The van der Waals surface area contributed by atoms with Gasteiger partial charge in [-0.2, -0.15) is 0 Å². The number of hydrogen-bond acceptors (Lipinski definition) is 4. The van der Waals surface area contributed by atoms with Crippen LogP contribution in [0.4, 0.5) is 10.2 Å². The maximum Gasteiger partial charge on any atom is 0.275 e. The van der Waals surface area contributed by atoms with Crippen molar-refractivity contribution < 1.29 is 13.7 Å². The first-order chi connectivity index (χ1) is 7.65. The Morgan fingerprint density at radius 1 is 1.50 bits per heavy atom. The minimum atomic E-state index is -0.492. The van der Waals surface area contributed by atoms with Gasteiger partial charge in [0, 0.05) is 6.07 Å². The highest BCUT2D eigenvalue weighted by molar-refractivity contribution is 6.02. The van der Waals surface area contributed by atoms with Crippen molar-refractivity contribution in [2.24, 2.45) is 0 Å². The Kier molecular flexibility index (Phi) is 2.63. The van der Waals surface area contributed by atoms with E-state index in [1.165, 1.54) is 6.07 Å². The summed E-state index contributed by atoms with van der Waals surface area (Å²) in [5, 5.41) is 6.06. The molecule has 0 saturated heterocycles. The zero-order valence-electron chi connectivity index (χ0n) is 8.40. The summed E-state index contributed by atoms with van der Waals surface area (Å²) in [6.45, 7) is 1.71. The van der Waals surface area contributed by atoms with Crippen LogP contribution in [0, 0.1) is 12.7 Å². The molecule has 0 saturated carbocycles. The fourth-order valence-electron chi connectivity index (χ4n) is 1.12. The second-order valence-electron chi connectivity index (χ2n) is 3.14. The molecule has 0 aliphatic carbocycles. The molecule has 5 nitrogen and oxygen atoms in total. The van der Waals surface area contributed by atoms with E-state index < -0.39 is 11.7 Å². The quantitative estimate of drug-likeness (QED) is 0.839. The van der Waals surface area contributed by atoms with Crippen LogP contribution in [0.15, 0.2) is 28.9 Å². The van der Waals surface area contributed by atoms with E-state index in [4.69, 9.17) is 4.52 Å². The lowest BCUT2D eigenvalue weighted by Gasteiger charge is -1.99. The first-order valence-electron chi connectivity index (χ1n) is 4.51. The SMILES string of the molecule is Cc1cc(NC(=O)c2ccc(F)cn2)no1. The molecule has 1 amide bonds. The van der Waals surface area contributed by atoms with Crippen LogP contribution < -0.4 is 5.32 Å². The number of nitrogens with zero attached hydrogens (tertiary/aromatic N) is 2. The van der Waals surface area contributed by atoms with E-state index in [1.54, 1.807) is 13.0 Å². The molecule has 2 heterocycles. The Hall–Kier alpha value is -2.24. The van der Waals surface area contributed by atoms with Crippen LogP contribution in [0.1, 0.15) is 16.2 Å². The van der Waals surface area contributed by atoms with Crippen LogP contribution in [0.25, 0.3) is 0 Å². The molecular formula is C10H8FN3O2. The first kappa shape index (κ1) is 10.3. The maximum absolute atomic E-state index is 12.6. The van der Waals surface area contributed by atoms with Crippen molar-refractivity contribution >= 4 is 11.7 Å². The van der Waals surface area contributed by atoms with Gasteiger partial charge in [-0.1, -0.05) is 5.16 Å². The molecule has 0 bridgehead atoms. The molecule has 16 heavy (non-hydrogen) atoms. The largest absolute Gasteiger partial charge is 0.360 e. The van der Waals surface area contributed by atoms with Gasteiger partial charge in [-0.25, -0.2) is 9.37 Å². The summed E-state index contributed by atoms with van der Waals surface area (Å²) in [7, 11) is 0. The minimum Gasteiger partial charge on any atom is -0.360 e. The van der Waals surface area contributed by atoms with Gasteiger partial charge < -0.3 is 9.84 Å². The van der Waals surface area contributed by atoms with Gasteiger partial charge >= 0.3 is 0 Å². The summed E-state index contributed by atoms with van der Waals surface area (Å²) in [6, 6.07) is 4.02. The Bertz CT molecular complexity index is 507. The van der Waals surface area contributed by atoms with Gasteiger partial charge in [0.05, 0.1) is 6.20 Å². The smallest absolute Gasteiger partial charge is 0.275 e. The van der Waals surface area contributed by atoms with E-state index in [-0.39, 0.29) is 5.69 Å². The number of anilines is 1. The average molecular weight is 221 g/mol. The molecule has 2 aromatic heterocycles. The lowest BCUT2D eigenvalue weighted by molar-refractivity contribution is 0.102. The minimum absolute atomic E-state index is 0.113. The van der Waals surface area contributed by atoms with E-state index in [1.807, 2.05) is 0 Å². The van der Waals surface area contributed by atoms with Crippen LogP contribution in [-0.4, -0.2) is 16.0 Å². The van der Waals surface area contributed by atoms with Crippen LogP contribution in [-0.2, 0) is 0 Å². The zero-order valence-corrected chi connectivity index (χ0v) is 8.40. The van der Waals surface area contributed by atoms with E-state index in [2.05, 4.69) is 15.5 Å². The van der Waals surface area contributed by atoms with E-state index in [9.17, 15) is 9.18 Å². The van der Waals surface area contributed by atoms with Crippen molar-refractivity contribution in [2.45, 2.75) is 6.92 Å². The van der Waals surface area contributed by atoms with Gasteiger partial charge in [-0.15, -0.1) is 0 Å². The third-order valence-electron chi connectivity index (χ3n) is 1.83. The maximum atomic E-state index is 12.6. The number of halogens is 1. The van der Waals surface area contributed by atoms with E-state index in [0.717, 1.165) is 12.3 Å². The van der Waals surface area contributed by atoms with Gasteiger partial charge in [-0.05, 0) is 19.1 Å². The lowest BCUT2D eigenvalue weighted by atomic mass is 10.3. The molecule has 2 aromatic rings. The summed E-state index contributed by atoms with van der Waals surface area (Å²) in [6.07, 6.45) is 0.975. The fourth-order valence-corrected chi connectivity index (χ4v) is 1.12. The summed E-state index contributed by atoms with van der Waals surface area (Å²) >= 11 is 0. The third-order valence-corrected chi connectivity index (χ3v) is 1.83. The zero-order chi connectivity index (χ0) is 11.5. The second-order valence-corrected chi connectivity index (χ2v) is 3.14. The predicted molar refractivity (Wildman–Crippen MR) is 53.4 cm³/mol. The number of carbonyl (C=O) groups is 1. The number of rotatable bonds is 2. The van der Waals surface area contributed by atoms with E-state index >= 15 is 0 Å². The molecule has 0 spiro atoms. The number of hydrogen-bond donors (Lipinski definition) is 1. The molecule has 0 aromatic carbocycles. The van der Waals surface area contributed by atoms with Crippen molar-refractivity contribution in [1.29, 1.82) is 0 Å². The molecule has 0 atom stereocenters. The molecule has 0 fully saturated rings. The molecule has 0 unspecified atom stereocenters. The predicted octanol–water partition coefficient (Wildman–Crippen LogP) is 1.77. The Labute approximate surface area is 90.3 Å². The van der Waals surface area contributed by atoms with E-state index in [0.29, 0.717) is 11.6 Å². The highest BCUT2D eigenvalue weighted by Crippen LogP contribution is 2.08. The van der Waals surface area contributed by atoms with Gasteiger partial charge in [-0.3, -0.25) is 4.79 Å². The van der Waals surface area contributed by atoms with Gasteiger partial charge in [0.25, 0.3) is 5.91 Å². The summed E-state index contributed by atoms with van der Waals surface area (Å²) < 4.78 is 17.3. The molecule has 6 heteroatoms. The van der Waals surface area contributed by atoms with Crippen molar-refractivity contribution in [3.8, 4) is 0 Å². The highest BCUT2D eigenvalue weighted by Gasteiger charge is 2.09. The fraction of sp³-hybridized carbons (Fsp3) is 0.100. The van der Waals surface area contributed by atoms with Crippen molar-refractivity contribution in [1.82, 2.24) is 10.1 Å². The van der Waals surface area contributed by atoms with Gasteiger partial charge in [0.15, 0.2) is 5.82 Å². The topological polar surface area (TPSA) is 68.0 Å². The monoisotopic (exact) mass is 221 g/mol. The van der Waals surface area contributed by atoms with Gasteiger partial charge in [0.2, 0.25) is 0 Å². The summed E-state index contributed by atoms with van der Waals surface area (Å²) in [5.41, 5.74) is 0.113. The molecule has 1 N–H and O–H groups in total.